The first-order valence-corrected chi connectivity index (χ1v) is 7.83. The number of hydrogen-bond acceptors (Lipinski definition) is 3. The van der Waals surface area contributed by atoms with Crippen LogP contribution in [0.15, 0.2) is 54.9 Å². The van der Waals surface area contributed by atoms with E-state index in [9.17, 15) is 0 Å². The van der Waals surface area contributed by atoms with Crippen LogP contribution in [0.4, 0.5) is 5.82 Å². The molecule has 0 radical (unpaired) electrons. The van der Waals surface area contributed by atoms with Gasteiger partial charge in [0, 0.05) is 50.6 Å². The first-order valence-electron chi connectivity index (χ1n) is 7.83. The fourth-order valence-corrected chi connectivity index (χ4v) is 3.13. The Kier molecular flexibility index (Phi) is 3.52. The van der Waals surface area contributed by atoms with Gasteiger partial charge in [0.1, 0.15) is 5.82 Å². The fraction of sp³-hybridized carbons (Fsp3) is 0.278. The number of nitrogens with one attached hydrogen (secondary N) is 1. The molecule has 0 aliphatic carbocycles. The molecule has 22 heavy (non-hydrogen) atoms. The number of H-pyrrole nitrogens is 1. The van der Waals surface area contributed by atoms with Crippen molar-refractivity contribution < 1.29 is 0 Å². The van der Waals surface area contributed by atoms with E-state index in [0.717, 1.165) is 38.5 Å². The average Bonchev–Trinajstić information content (AvgIpc) is 3.04. The molecule has 4 rings (SSSR count). The molecule has 4 nitrogen and oxygen atoms in total. The number of fused-ring (bicyclic) bond motifs is 1. The Hall–Kier alpha value is -2.33. The van der Waals surface area contributed by atoms with E-state index in [0.29, 0.717) is 0 Å². The van der Waals surface area contributed by atoms with Crippen molar-refractivity contribution in [2.75, 3.05) is 31.1 Å². The van der Waals surface area contributed by atoms with Crippen molar-refractivity contribution in [1.29, 1.82) is 0 Å². The summed E-state index contributed by atoms with van der Waals surface area (Å²) in [6.45, 7) is 5.27. The quantitative estimate of drug-likeness (QED) is 0.806. The van der Waals surface area contributed by atoms with Crippen LogP contribution in [0.5, 0.6) is 0 Å². The Morgan fingerprint density at radius 1 is 1.00 bits per heavy atom. The largest absolute Gasteiger partial charge is 0.361 e. The molecule has 1 aliphatic rings. The summed E-state index contributed by atoms with van der Waals surface area (Å²) in [6, 6.07) is 14.9. The molecular formula is C18H20N4. The Labute approximate surface area is 130 Å². The summed E-state index contributed by atoms with van der Waals surface area (Å²) in [7, 11) is 0. The van der Waals surface area contributed by atoms with Gasteiger partial charge in [0.15, 0.2) is 0 Å². The molecule has 1 N–H and O–H groups in total. The van der Waals surface area contributed by atoms with Crippen molar-refractivity contribution in [3.05, 3.63) is 60.4 Å². The number of pyridine rings is 1. The smallest absolute Gasteiger partial charge is 0.128 e. The van der Waals surface area contributed by atoms with Crippen molar-refractivity contribution in [3.63, 3.8) is 0 Å². The number of benzene rings is 1. The molecule has 4 heteroatoms. The molecular weight excluding hydrogens is 272 g/mol. The zero-order valence-electron chi connectivity index (χ0n) is 12.6. The van der Waals surface area contributed by atoms with Crippen molar-refractivity contribution in [1.82, 2.24) is 14.9 Å². The highest BCUT2D eigenvalue weighted by atomic mass is 15.3. The number of piperazine rings is 1. The van der Waals surface area contributed by atoms with Gasteiger partial charge in [0.25, 0.3) is 0 Å². The number of nitrogens with zero attached hydrogens (tertiary/aromatic N) is 3. The molecule has 3 heterocycles. The number of hydrogen-bond donors (Lipinski definition) is 1. The van der Waals surface area contributed by atoms with Crippen molar-refractivity contribution in [2.24, 2.45) is 0 Å². The summed E-state index contributed by atoms with van der Waals surface area (Å²) < 4.78 is 0. The summed E-state index contributed by atoms with van der Waals surface area (Å²) in [5.74, 6) is 1.09. The van der Waals surface area contributed by atoms with E-state index >= 15 is 0 Å². The summed E-state index contributed by atoms with van der Waals surface area (Å²) in [6.07, 6.45) is 3.87. The van der Waals surface area contributed by atoms with Crippen LogP contribution >= 0.6 is 0 Å². The normalized spacial score (nSPS) is 16.3. The highest BCUT2D eigenvalue weighted by Crippen LogP contribution is 2.17. The Morgan fingerprint density at radius 3 is 2.73 bits per heavy atom. The molecule has 1 aliphatic heterocycles. The molecule has 0 bridgehead atoms. The minimum atomic E-state index is 1.02. The van der Waals surface area contributed by atoms with Gasteiger partial charge in [0.05, 0.1) is 0 Å². The lowest BCUT2D eigenvalue weighted by Gasteiger charge is -2.35. The predicted molar refractivity (Wildman–Crippen MR) is 90.0 cm³/mol. The molecule has 112 valence electrons. The molecule has 0 saturated carbocycles. The molecule has 0 atom stereocenters. The summed E-state index contributed by atoms with van der Waals surface area (Å²) >= 11 is 0. The van der Waals surface area contributed by atoms with Gasteiger partial charge in [-0.05, 0) is 35.2 Å². The van der Waals surface area contributed by atoms with Gasteiger partial charge < -0.3 is 9.88 Å². The first kappa shape index (κ1) is 13.3. The molecule has 1 saturated heterocycles. The lowest BCUT2D eigenvalue weighted by atomic mass is 10.1. The second-order valence-electron chi connectivity index (χ2n) is 5.85. The third-order valence-corrected chi connectivity index (χ3v) is 4.37. The first-order chi connectivity index (χ1) is 10.9. The maximum absolute atomic E-state index is 4.44. The molecule has 1 fully saturated rings. The Balaban J connectivity index is 1.39. The van der Waals surface area contributed by atoms with Crippen LogP contribution in [0.3, 0.4) is 0 Å². The highest BCUT2D eigenvalue weighted by Gasteiger charge is 2.17. The fourth-order valence-electron chi connectivity index (χ4n) is 3.13. The molecule has 1 aromatic carbocycles. The zero-order chi connectivity index (χ0) is 14.8. The second-order valence-corrected chi connectivity index (χ2v) is 5.85. The zero-order valence-corrected chi connectivity index (χ0v) is 12.6. The van der Waals surface area contributed by atoms with Crippen molar-refractivity contribution >= 4 is 16.7 Å². The maximum atomic E-state index is 4.44. The van der Waals surface area contributed by atoms with E-state index in [1.54, 1.807) is 0 Å². The molecule has 2 aromatic heterocycles. The third kappa shape index (κ3) is 2.70. The van der Waals surface area contributed by atoms with Gasteiger partial charge in [-0.25, -0.2) is 4.98 Å². The monoisotopic (exact) mass is 292 g/mol. The topological polar surface area (TPSA) is 35.2 Å². The molecule has 0 unspecified atom stereocenters. The van der Waals surface area contributed by atoms with Crippen LogP contribution in [0, 0.1) is 0 Å². The highest BCUT2D eigenvalue weighted by molar-refractivity contribution is 5.79. The van der Waals surface area contributed by atoms with E-state index in [-0.39, 0.29) is 0 Å². The van der Waals surface area contributed by atoms with Crippen LogP contribution in [0.25, 0.3) is 10.9 Å². The number of anilines is 1. The van der Waals surface area contributed by atoms with Crippen LogP contribution in [-0.2, 0) is 6.54 Å². The van der Waals surface area contributed by atoms with Gasteiger partial charge in [-0.3, -0.25) is 4.90 Å². The standard InChI is InChI=1S/C18H20N4/c1-2-7-20-18(3-1)22-11-9-21(10-12-22)14-15-4-5-16-6-8-19-17(16)13-15/h1-8,13,19H,9-12,14H2. The van der Waals surface area contributed by atoms with E-state index < -0.39 is 0 Å². The number of aromatic nitrogens is 2. The third-order valence-electron chi connectivity index (χ3n) is 4.37. The van der Waals surface area contributed by atoms with Gasteiger partial charge in [0.2, 0.25) is 0 Å². The Bertz CT molecular complexity index is 742. The Morgan fingerprint density at radius 2 is 1.91 bits per heavy atom. The van der Waals surface area contributed by atoms with Crippen LogP contribution in [0.2, 0.25) is 0 Å². The van der Waals surface area contributed by atoms with E-state index in [2.05, 4.69) is 56.2 Å². The van der Waals surface area contributed by atoms with Crippen LogP contribution < -0.4 is 4.90 Å². The predicted octanol–water partition coefficient (Wildman–Crippen LogP) is 2.89. The minimum Gasteiger partial charge on any atom is -0.361 e. The van der Waals surface area contributed by atoms with Crippen LogP contribution in [0.1, 0.15) is 5.56 Å². The number of aromatic amines is 1. The average molecular weight is 292 g/mol. The second kappa shape index (κ2) is 5.81. The summed E-state index contributed by atoms with van der Waals surface area (Å²) in [5, 5.41) is 1.28. The maximum Gasteiger partial charge on any atom is 0.128 e. The van der Waals surface area contributed by atoms with Gasteiger partial charge >= 0.3 is 0 Å². The van der Waals surface area contributed by atoms with Crippen molar-refractivity contribution in [2.45, 2.75) is 6.54 Å². The van der Waals surface area contributed by atoms with Crippen LogP contribution in [-0.4, -0.2) is 41.0 Å². The SMILES string of the molecule is c1ccc(N2CCN(Cc3ccc4cc[nH]c4c3)CC2)nc1. The van der Waals surface area contributed by atoms with Gasteiger partial charge in [-0.15, -0.1) is 0 Å². The van der Waals surface area contributed by atoms with E-state index in [1.165, 1.54) is 16.5 Å². The van der Waals surface area contributed by atoms with E-state index in [4.69, 9.17) is 0 Å². The summed E-state index contributed by atoms with van der Waals surface area (Å²) in [5.41, 5.74) is 2.60. The minimum absolute atomic E-state index is 1.02. The number of rotatable bonds is 3. The molecule has 3 aromatic rings. The molecule has 0 spiro atoms. The van der Waals surface area contributed by atoms with Gasteiger partial charge in [-0.1, -0.05) is 18.2 Å². The molecule has 0 amide bonds. The van der Waals surface area contributed by atoms with E-state index in [1.807, 2.05) is 18.5 Å². The van der Waals surface area contributed by atoms with Gasteiger partial charge in [-0.2, -0.15) is 0 Å². The lowest BCUT2D eigenvalue weighted by molar-refractivity contribution is 0.249. The van der Waals surface area contributed by atoms with Crippen molar-refractivity contribution in [3.8, 4) is 0 Å². The summed E-state index contributed by atoms with van der Waals surface area (Å²) in [4.78, 5) is 12.6. The lowest BCUT2D eigenvalue weighted by Crippen LogP contribution is -2.46.